The predicted molar refractivity (Wildman–Crippen MR) is 65.4 cm³/mol. The van der Waals surface area contributed by atoms with Gasteiger partial charge in [0.05, 0.1) is 5.69 Å². The molecule has 0 amide bonds. The van der Waals surface area contributed by atoms with Crippen LogP contribution in [-0.4, -0.2) is 4.98 Å². The van der Waals surface area contributed by atoms with E-state index in [1.54, 1.807) is 24.5 Å². The second kappa shape index (κ2) is 3.93. The molecule has 0 saturated heterocycles. The summed E-state index contributed by atoms with van der Waals surface area (Å²) < 4.78 is 13.9. The van der Waals surface area contributed by atoms with Gasteiger partial charge >= 0.3 is 0 Å². The average molecular weight is 216 g/mol. The third-order valence-corrected chi connectivity index (χ3v) is 2.39. The highest BCUT2D eigenvalue weighted by Crippen LogP contribution is 2.27. The standard InChI is InChI=1S/C13H13FN2/c1-8(2)5-10-6-9-3-4-16-7-11(9)13(15)12(10)14/h3-7H,15H2,1-2H3. The van der Waals surface area contributed by atoms with Gasteiger partial charge in [-0.05, 0) is 31.4 Å². The first kappa shape index (κ1) is 10.6. The quantitative estimate of drug-likeness (QED) is 0.742. The van der Waals surface area contributed by atoms with E-state index in [2.05, 4.69) is 4.98 Å². The van der Waals surface area contributed by atoms with Crippen LogP contribution in [0.15, 0.2) is 30.1 Å². The fourth-order valence-corrected chi connectivity index (χ4v) is 1.68. The Morgan fingerprint density at radius 3 is 2.88 bits per heavy atom. The van der Waals surface area contributed by atoms with Crippen molar-refractivity contribution < 1.29 is 4.39 Å². The van der Waals surface area contributed by atoms with E-state index in [0.29, 0.717) is 10.9 Å². The van der Waals surface area contributed by atoms with Gasteiger partial charge in [0.25, 0.3) is 0 Å². The van der Waals surface area contributed by atoms with Crippen molar-refractivity contribution in [3.05, 3.63) is 41.5 Å². The number of anilines is 1. The molecule has 0 atom stereocenters. The number of aromatic nitrogens is 1. The number of benzene rings is 1. The number of allylic oxidation sites excluding steroid dienone is 1. The summed E-state index contributed by atoms with van der Waals surface area (Å²) in [7, 11) is 0. The van der Waals surface area contributed by atoms with E-state index in [-0.39, 0.29) is 11.5 Å². The number of hydrogen-bond donors (Lipinski definition) is 1. The molecular formula is C13H13FN2. The van der Waals surface area contributed by atoms with E-state index in [1.165, 1.54) is 0 Å². The zero-order valence-electron chi connectivity index (χ0n) is 9.29. The maximum absolute atomic E-state index is 13.9. The molecule has 16 heavy (non-hydrogen) atoms. The Bertz CT molecular complexity index is 569. The highest BCUT2D eigenvalue weighted by molar-refractivity contribution is 5.94. The third kappa shape index (κ3) is 1.76. The minimum atomic E-state index is -0.373. The van der Waals surface area contributed by atoms with E-state index >= 15 is 0 Å². The minimum Gasteiger partial charge on any atom is -0.396 e. The second-order valence-corrected chi connectivity index (χ2v) is 4.01. The lowest BCUT2D eigenvalue weighted by Gasteiger charge is -2.06. The monoisotopic (exact) mass is 216 g/mol. The van der Waals surface area contributed by atoms with Crippen molar-refractivity contribution in [1.82, 2.24) is 4.98 Å². The van der Waals surface area contributed by atoms with E-state index in [4.69, 9.17) is 5.73 Å². The molecule has 1 heterocycles. The van der Waals surface area contributed by atoms with Gasteiger partial charge in [-0.2, -0.15) is 0 Å². The number of hydrogen-bond acceptors (Lipinski definition) is 2. The molecule has 0 fully saturated rings. The highest BCUT2D eigenvalue weighted by atomic mass is 19.1. The molecule has 0 spiro atoms. The molecular weight excluding hydrogens is 203 g/mol. The number of halogens is 1. The minimum absolute atomic E-state index is 0.165. The van der Waals surface area contributed by atoms with Gasteiger partial charge in [0.15, 0.2) is 5.82 Å². The number of nitrogens with two attached hydrogens (primary N) is 1. The molecule has 0 radical (unpaired) electrons. The number of fused-ring (bicyclic) bond motifs is 1. The number of nitrogen functional groups attached to an aromatic ring is 1. The number of nitrogens with zero attached hydrogens (tertiary/aromatic N) is 1. The molecule has 0 aliphatic rings. The maximum Gasteiger partial charge on any atom is 0.153 e. The van der Waals surface area contributed by atoms with Gasteiger partial charge in [-0.3, -0.25) is 4.98 Å². The molecule has 2 aromatic rings. The van der Waals surface area contributed by atoms with Gasteiger partial charge in [-0.25, -0.2) is 4.39 Å². The van der Waals surface area contributed by atoms with Gasteiger partial charge in [0.2, 0.25) is 0 Å². The number of rotatable bonds is 1. The molecule has 0 saturated carbocycles. The van der Waals surface area contributed by atoms with Crippen LogP contribution in [0.5, 0.6) is 0 Å². The molecule has 0 bridgehead atoms. The fourth-order valence-electron chi connectivity index (χ4n) is 1.68. The van der Waals surface area contributed by atoms with Crippen molar-refractivity contribution in [3.63, 3.8) is 0 Å². The smallest absolute Gasteiger partial charge is 0.153 e. The molecule has 3 heteroatoms. The van der Waals surface area contributed by atoms with E-state index in [1.807, 2.05) is 19.9 Å². The molecule has 2 N–H and O–H groups in total. The Labute approximate surface area is 93.6 Å². The van der Waals surface area contributed by atoms with Crippen molar-refractivity contribution in [2.45, 2.75) is 13.8 Å². The van der Waals surface area contributed by atoms with Crippen LogP contribution in [0.1, 0.15) is 19.4 Å². The lowest BCUT2D eigenvalue weighted by molar-refractivity contribution is 0.631. The largest absolute Gasteiger partial charge is 0.396 e. The van der Waals surface area contributed by atoms with Crippen LogP contribution in [0.3, 0.4) is 0 Å². The summed E-state index contributed by atoms with van der Waals surface area (Å²) in [6, 6.07) is 3.61. The van der Waals surface area contributed by atoms with Gasteiger partial charge in [0.1, 0.15) is 0 Å². The zero-order chi connectivity index (χ0) is 11.7. The van der Waals surface area contributed by atoms with E-state index in [9.17, 15) is 4.39 Å². The topological polar surface area (TPSA) is 38.9 Å². The summed E-state index contributed by atoms with van der Waals surface area (Å²) in [6.07, 6.45) is 5.04. The molecule has 0 aliphatic heterocycles. The Morgan fingerprint density at radius 1 is 1.44 bits per heavy atom. The molecule has 0 unspecified atom stereocenters. The highest BCUT2D eigenvalue weighted by Gasteiger charge is 2.09. The van der Waals surface area contributed by atoms with Crippen LogP contribution in [0.2, 0.25) is 0 Å². The van der Waals surface area contributed by atoms with Crippen molar-refractivity contribution in [3.8, 4) is 0 Å². The first-order valence-corrected chi connectivity index (χ1v) is 5.06. The Balaban J connectivity index is 2.79. The SMILES string of the molecule is CC(C)=Cc1cc2ccncc2c(N)c1F. The second-order valence-electron chi connectivity index (χ2n) is 4.01. The fraction of sp³-hybridized carbons (Fsp3) is 0.154. The van der Waals surface area contributed by atoms with Gasteiger partial charge < -0.3 is 5.73 Å². The summed E-state index contributed by atoms with van der Waals surface area (Å²) in [6.45, 7) is 3.85. The normalized spacial score (nSPS) is 10.4. The van der Waals surface area contributed by atoms with Crippen LogP contribution in [0, 0.1) is 5.82 Å². The van der Waals surface area contributed by atoms with Crippen molar-refractivity contribution in [2.75, 3.05) is 5.73 Å². The first-order chi connectivity index (χ1) is 7.59. The zero-order valence-corrected chi connectivity index (χ0v) is 9.29. The van der Waals surface area contributed by atoms with Gasteiger partial charge in [-0.15, -0.1) is 0 Å². The van der Waals surface area contributed by atoms with Crippen molar-refractivity contribution >= 4 is 22.5 Å². The predicted octanol–water partition coefficient (Wildman–Crippen LogP) is 3.38. The Hall–Kier alpha value is -1.90. The molecule has 1 aromatic carbocycles. The van der Waals surface area contributed by atoms with Crippen molar-refractivity contribution in [2.24, 2.45) is 0 Å². The van der Waals surface area contributed by atoms with Crippen LogP contribution < -0.4 is 5.73 Å². The van der Waals surface area contributed by atoms with Gasteiger partial charge in [0, 0.05) is 23.3 Å². The van der Waals surface area contributed by atoms with Crippen LogP contribution in [0.25, 0.3) is 16.8 Å². The maximum atomic E-state index is 13.9. The molecule has 82 valence electrons. The summed E-state index contributed by atoms with van der Waals surface area (Å²) in [5.74, 6) is -0.373. The van der Waals surface area contributed by atoms with E-state index in [0.717, 1.165) is 11.0 Å². The summed E-state index contributed by atoms with van der Waals surface area (Å²) in [4.78, 5) is 3.94. The average Bonchev–Trinajstić information content (AvgIpc) is 2.25. The first-order valence-electron chi connectivity index (χ1n) is 5.06. The van der Waals surface area contributed by atoms with Gasteiger partial charge in [-0.1, -0.05) is 11.6 Å². The molecule has 2 nitrogen and oxygen atoms in total. The third-order valence-electron chi connectivity index (χ3n) is 2.39. The lowest BCUT2D eigenvalue weighted by Crippen LogP contribution is -1.96. The molecule has 1 aromatic heterocycles. The van der Waals surface area contributed by atoms with E-state index < -0.39 is 0 Å². The molecule has 2 rings (SSSR count). The summed E-state index contributed by atoms with van der Waals surface area (Å²) in [5, 5.41) is 1.56. The van der Waals surface area contributed by atoms with Crippen molar-refractivity contribution in [1.29, 1.82) is 0 Å². The van der Waals surface area contributed by atoms with Crippen LogP contribution in [0.4, 0.5) is 10.1 Å². The Kier molecular flexibility index (Phi) is 2.60. The Morgan fingerprint density at radius 2 is 2.19 bits per heavy atom. The van der Waals surface area contributed by atoms with Crippen LogP contribution >= 0.6 is 0 Å². The number of pyridine rings is 1. The van der Waals surface area contributed by atoms with Crippen LogP contribution in [-0.2, 0) is 0 Å². The lowest BCUT2D eigenvalue weighted by atomic mass is 10.0. The molecule has 0 aliphatic carbocycles. The summed E-state index contributed by atoms with van der Waals surface area (Å²) in [5.41, 5.74) is 7.47. The summed E-state index contributed by atoms with van der Waals surface area (Å²) >= 11 is 0.